The molecule has 0 saturated heterocycles. The summed E-state index contributed by atoms with van der Waals surface area (Å²) in [6.07, 6.45) is 9.00. The van der Waals surface area contributed by atoms with E-state index in [2.05, 4.69) is 20.8 Å². The van der Waals surface area contributed by atoms with Crippen LogP contribution in [0.4, 0.5) is 0 Å². The van der Waals surface area contributed by atoms with Gasteiger partial charge in [-0.25, -0.2) is 0 Å². The Hall–Kier alpha value is -0.630. The Morgan fingerprint density at radius 2 is 1.79 bits per heavy atom. The van der Waals surface area contributed by atoms with Gasteiger partial charge in [0.15, 0.2) is 0 Å². The molecule has 134 valence electrons. The van der Waals surface area contributed by atoms with Crippen molar-refractivity contribution < 1.29 is 9.90 Å². The van der Waals surface area contributed by atoms with Crippen LogP contribution in [0.3, 0.4) is 0 Å². The van der Waals surface area contributed by atoms with E-state index < -0.39 is 0 Å². The van der Waals surface area contributed by atoms with E-state index in [1.54, 1.807) is 11.1 Å². The van der Waals surface area contributed by atoms with Crippen molar-refractivity contribution in [2.75, 3.05) is 0 Å². The van der Waals surface area contributed by atoms with Crippen LogP contribution in [0.2, 0.25) is 0 Å². The Kier molecular flexibility index (Phi) is 3.81. The summed E-state index contributed by atoms with van der Waals surface area (Å²) in [6, 6.07) is 0. The molecule has 0 aromatic rings. The highest BCUT2D eigenvalue weighted by atomic mass is 16.3. The van der Waals surface area contributed by atoms with Crippen LogP contribution < -0.4 is 0 Å². The van der Waals surface area contributed by atoms with E-state index >= 15 is 0 Å². The van der Waals surface area contributed by atoms with Crippen LogP contribution in [-0.4, -0.2) is 17.0 Å². The van der Waals surface area contributed by atoms with Crippen molar-refractivity contribution in [1.29, 1.82) is 0 Å². The zero-order valence-corrected chi connectivity index (χ0v) is 15.9. The second-order valence-electron chi connectivity index (χ2n) is 9.94. The fourth-order valence-electron chi connectivity index (χ4n) is 7.77. The van der Waals surface area contributed by atoms with Gasteiger partial charge in [0.25, 0.3) is 0 Å². The molecule has 0 amide bonds. The van der Waals surface area contributed by atoms with Gasteiger partial charge in [0, 0.05) is 5.92 Å². The summed E-state index contributed by atoms with van der Waals surface area (Å²) < 4.78 is 0. The van der Waals surface area contributed by atoms with E-state index in [1.807, 2.05) is 6.92 Å². The zero-order valence-electron chi connectivity index (χ0n) is 15.9. The van der Waals surface area contributed by atoms with Crippen molar-refractivity contribution in [1.82, 2.24) is 0 Å². The lowest BCUT2D eigenvalue weighted by Crippen LogP contribution is -2.51. The molecule has 2 nitrogen and oxygen atoms in total. The van der Waals surface area contributed by atoms with E-state index in [1.165, 1.54) is 25.7 Å². The SMILES string of the molecule is CC(=O)[C@@H]1CC[C@@H]2[C@H]3CC(C)=C4C[C@H](O)CC[C@]4(C)[C@@H]3CC[C@]21C. The van der Waals surface area contributed by atoms with E-state index in [0.29, 0.717) is 17.1 Å². The summed E-state index contributed by atoms with van der Waals surface area (Å²) in [5.74, 6) is 2.99. The molecule has 3 fully saturated rings. The van der Waals surface area contributed by atoms with E-state index in [4.69, 9.17) is 0 Å². The first-order valence-corrected chi connectivity index (χ1v) is 10.1. The number of carbonyl (C=O) groups excluding carboxylic acids is 1. The molecule has 24 heavy (non-hydrogen) atoms. The van der Waals surface area contributed by atoms with E-state index in [0.717, 1.165) is 43.4 Å². The van der Waals surface area contributed by atoms with Gasteiger partial charge in [-0.15, -0.1) is 0 Å². The number of carbonyl (C=O) groups is 1. The van der Waals surface area contributed by atoms with Gasteiger partial charge < -0.3 is 5.11 Å². The summed E-state index contributed by atoms with van der Waals surface area (Å²) in [5.41, 5.74) is 3.71. The number of allylic oxidation sites excluding steroid dienone is 1. The number of rotatable bonds is 1. The molecule has 0 bridgehead atoms. The maximum atomic E-state index is 12.2. The number of aliphatic hydroxyl groups is 1. The van der Waals surface area contributed by atoms with Crippen molar-refractivity contribution in [3.05, 3.63) is 11.1 Å². The molecule has 7 atom stereocenters. The summed E-state index contributed by atoms with van der Waals surface area (Å²) >= 11 is 0. The highest BCUT2D eigenvalue weighted by Gasteiger charge is 2.59. The van der Waals surface area contributed by atoms with Gasteiger partial charge in [-0.3, -0.25) is 4.79 Å². The van der Waals surface area contributed by atoms with Crippen LogP contribution in [0.5, 0.6) is 0 Å². The summed E-state index contributed by atoms with van der Waals surface area (Å²) in [7, 11) is 0. The molecule has 0 aliphatic heterocycles. The Morgan fingerprint density at radius 1 is 1.04 bits per heavy atom. The monoisotopic (exact) mass is 330 g/mol. The number of Topliss-reactive ketones (excluding diaryl/α,β-unsaturated/α-hetero) is 1. The van der Waals surface area contributed by atoms with Crippen molar-refractivity contribution in [3.63, 3.8) is 0 Å². The Bertz CT molecular complexity index is 591. The van der Waals surface area contributed by atoms with Gasteiger partial charge in [-0.2, -0.15) is 0 Å². The second kappa shape index (κ2) is 5.43. The van der Waals surface area contributed by atoms with Gasteiger partial charge in [-0.1, -0.05) is 25.0 Å². The average Bonchev–Trinajstić information content (AvgIpc) is 2.87. The van der Waals surface area contributed by atoms with Gasteiger partial charge in [0.1, 0.15) is 5.78 Å². The van der Waals surface area contributed by atoms with Crippen molar-refractivity contribution >= 4 is 5.78 Å². The number of ketones is 1. The molecule has 0 aromatic carbocycles. The second-order valence-corrected chi connectivity index (χ2v) is 9.94. The van der Waals surface area contributed by atoms with E-state index in [-0.39, 0.29) is 11.5 Å². The predicted octanol–water partition coefficient (Wildman–Crippen LogP) is 4.91. The van der Waals surface area contributed by atoms with Crippen molar-refractivity contribution in [2.24, 2.45) is 34.5 Å². The smallest absolute Gasteiger partial charge is 0.133 e. The lowest BCUT2D eigenvalue weighted by Gasteiger charge is -2.58. The van der Waals surface area contributed by atoms with E-state index in [9.17, 15) is 9.90 Å². The number of hydrogen-bond acceptors (Lipinski definition) is 2. The highest BCUT2D eigenvalue weighted by molar-refractivity contribution is 5.79. The summed E-state index contributed by atoms with van der Waals surface area (Å²) in [6.45, 7) is 9.06. The fourth-order valence-corrected chi connectivity index (χ4v) is 7.77. The molecule has 0 aromatic heterocycles. The Balaban J connectivity index is 1.71. The predicted molar refractivity (Wildman–Crippen MR) is 96.5 cm³/mol. The topological polar surface area (TPSA) is 37.3 Å². The standard InChI is InChI=1S/C22H34O2/c1-13-11-16-18-6-5-17(14(2)23)21(18,3)10-8-19(16)22(4)9-7-15(24)12-20(13)22/h15-19,24H,5-12H2,1-4H3/t15-,16-,17+,18-,19-,21+,22-/m1/s1. The van der Waals surface area contributed by atoms with Crippen LogP contribution in [0.25, 0.3) is 0 Å². The third kappa shape index (κ3) is 2.14. The molecule has 0 spiro atoms. The van der Waals surface area contributed by atoms with Crippen LogP contribution in [0, 0.1) is 34.5 Å². The Labute approximate surface area is 147 Å². The van der Waals surface area contributed by atoms with Gasteiger partial charge in [0.05, 0.1) is 6.10 Å². The van der Waals surface area contributed by atoms with Gasteiger partial charge >= 0.3 is 0 Å². The zero-order chi connectivity index (χ0) is 17.3. The molecule has 4 rings (SSSR count). The molecule has 0 unspecified atom stereocenters. The lowest BCUT2D eigenvalue weighted by molar-refractivity contribution is -0.127. The molecule has 1 N–H and O–H groups in total. The van der Waals surface area contributed by atoms with Crippen LogP contribution >= 0.6 is 0 Å². The highest BCUT2D eigenvalue weighted by Crippen LogP contribution is 2.67. The van der Waals surface area contributed by atoms with Crippen LogP contribution in [-0.2, 0) is 4.79 Å². The minimum absolute atomic E-state index is 0.123. The summed E-state index contributed by atoms with van der Waals surface area (Å²) in [4.78, 5) is 12.2. The normalized spacial score (nSPS) is 51.0. The van der Waals surface area contributed by atoms with Crippen molar-refractivity contribution in [3.8, 4) is 0 Å². The van der Waals surface area contributed by atoms with Crippen LogP contribution in [0.1, 0.15) is 79.1 Å². The molecular formula is C22H34O2. The number of fused-ring (bicyclic) bond motifs is 5. The average molecular weight is 331 g/mol. The third-order valence-electron chi connectivity index (χ3n) is 8.93. The van der Waals surface area contributed by atoms with Gasteiger partial charge in [0.2, 0.25) is 0 Å². The summed E-state index contributed by atoms with van der Waals surface area (Å²) in [5, 5.41) is 10.2. The molecule has 0 heterocycles. The maximum absolute atomic E-state index is 12.2. The quantitative estimate of drug-likeness (QED) is 0.694. The molecule has 2 heteroatoms. The van der Waals surface area contributed by atoms with Gasteiger partial charge in [-0.05, 0) is 93.8 Å². The molecule has 4 aliphatic carbocycles. The molecular weight excluding hydrogens is 296 g/mol. The number of aliphatic hydroxyl groups excluding tert-OH is 1. The molecule has 3 saturated carbocycles. The third-order valence-corrected chi connectivity index (χ3v) is 8.93. The Morgan fingerprint density at radius 3 is 2.50 bits per heavy atom. The van der Waals surface area contributed by atoms with Crippen LogP contribution in [0.15, 0.2) is 11.1 Å². The first-order valence-electron chi connectivity index (χ1n) is 10.1. The minimum Gasteiger partial charge on any atom is -0.393 e. The largest absolute Gasteiger partial charge is 0.393 e. The maximum Gasteiger partial charge on any atom is 0.133 e. The lowest BCUT2D eigenvalue weighted by atomic mass is 9.46. The first-order chi connectivity index (χ1) is 11.3. The first kappa shape index (κ1) is 16.8. The number of hydrogen-bond donors (Lipinski definition) is 1. The molecule has 0 radical (unpaired) electrons. The fraction of sp³-hybridized carbons (Fsp3) is 0.864. The minimum atomic E-state index is -0.123. The van der Waals surface area contributed by atoms with Crippen molar-refractivity contribution in [2.45, 2.75) is 85.2 Å². The molecule has 4 aliphatic rings.